The molecular formula is C16H20BF3O4. The van der Waals surface area contributed by atoms with Gasteiger partial charge in [0.2, 0.25) is 0 Å². The highest BCUT2D eigenvalue weighted by Crippen LogP contribution is 2.39. The Hall–Kier alpha value is -1.51. The number of aliphatic hydroxyl groups is 1. The van der Waals surface area contributed by atoms with Crippen LogP contribution in [0.1, 0.15) is 33.3 Å². The van der Waals surface area contributed by atoms with Crippen LogP contribution in [0.25, 0.3) is 6.08 Å². The first-order chi connectivity index (χ1) is 11.1. The molecule has 0 saturated carbocycles. The lowest BCUT2D eigenvalue weighted by molar-refractivity contribution is -0.0501. The van der Waals surface area contributed by atoms with E-state index < -0.39 is 37.4 Å². The Morgan fingerprint density at radius 1 is 1.25 bits per heavy atom. The van der Waals surface area contributed by atoms with Gasteiger partial charge in [0.15, 0.2) is 0 Å². The van der Waals surface area contributed by atoms with E-state index in [1.165, 1.54) is 12.1 Å². The second-order valence-electron chi connectivity index (χ2n) is 6.53. The average Bonchev–Trinajstić information content (AvgIpc) is 2.66. The van der Waals surface area contributed by atoms with E-state index in [1.807, 2.05) is 27.7 Å². The second kappa shape index (κ2) is 6.78. The molecule has 8 heteroatoms. The lowest BCUT2D eigenvalue weighted by Gasteiger charge is -2.32. The largest absolute Gasteiger partial charge is 0.492 e. The summed E-state index contributed by atoms with van der Waals surface area (Å²) in [5.41, 5.74) is -0.719. The van der Waals surface area contributed by atoms with E-state index in [0.717, 1.165) is 12.1 Å². The van der Waals surface area contributed by atoms with Crippen molar-refractivity contribution in [3.63, 3.8) is 0 Å². The Morgan fingerprint density at radius 2 is 1.83 bits per heavy atom. The Bertz CT molecular complexity index is 616. The van der Waals surface area contributed by atoms with E-state index in [0.29, 0.717) is 5.47 Å². The molecule has 1 N–H and O–H groups in total. The normalized spacial score (nSPS) is 19.9. The molecule has 0 aliphatic carbocycles. The van der Waals surface area contributed by atoms with Crippen LogP contribution in [0.15, 0.2) is 23.7 Å². The van der Waals surface area contributed by atoms with Crippen LogP contribution < -0.4 is 4.74 Å². The van der Waals surface area contributed by atoms with E-state index in [-0.39, 0.29) is 11.3 Å². The lowest BCUT2D eigenvalue weighted by atomic mass is 9.77. The van der Waals surface area contributed by atoms with Crippen LogP contribution in [-0.2, 0) is 9.31 Å². The highest BCUT2D eigenvalue weighted by molar-refractivity contribution is 6.55. The Balaban J connectivity index is 2.35. The smallest absolute Gasteiger partial charge is 0.434 e. The van der Waals surface area contributed by atoms with Gasteiger partial charge in [-0.05, 0) is 45.3 Å². The summed E-state index contributed by atoms with van der Waals surface area (Å²) >= 11 is 0. The van der Waals surface area contributed by atoms with Crippen LogP contribution in [0.5, 0.6) is 5.75 Å². The summed E-state index contributed by atoms with van der Waals surface area (Å²) in [7, 11) is -0.843. The lowest BCUT2D eigenvalue weighted by Crippen LogP contribution is -2.41. The van der Waals surface area contributed by atoms with Crippen LogP contribution in [0.4, 0.5) is 13.2 Å². The van der Waals surface area contributed by atoms with Crippen molar-refractivity contribution in [1.82, 2.24) is 0 Å². The van der Waals surface area contributed by atoms with Crippen molar-refractivity contribution < 1.29 is 32.3 Å². The zero-order valence-corrected chi connectivity index (χ0v) is 14.0. The van der Waals surface area contributed by atoms with Gasteiger partial charge >= 0.3 is 13.7 Å². The molecule has 0 atom stereocenters. The van der Waals surface area contributed by atoms with Crippen molar-refractivity contribution in [2.75, 3.05) is 6.61 Å². The minimum absolute atomic E-state index is 0.190. The van der Waals surface area contributed by atoms with Crippen molar-refractivity contribution in [2.45, 2.75) is 45.5 Å². The summed E-state index contributed by atoms with van der Waals surface area (Å²) in [5, 5.41) is 9.62. The predicted octanol–water partition coefficient (Wildman–Crippen LogP) is 3.43. The molecule has 132 valence electrons. The molecule has 0 amide bonds. The number of hydrogen-bond donors (Lipinski definition) is 1. The van der Waals surface area contributed by atoms with Crippen molar-refractivity contribution >= 4 is 13.2 Å². The van der Waals surface area contributed by atoms with Gasteiger partial charge in [0.05, 0.1) is 17.8 Å². The molecule has 1 aliphatic heterocycles. The van der Waals surface area contributed by atoms with Gasteiger partial charge in [0.25, 0.3) is 0 Å². The van der Waals surface area contributed by atoms with Crippen LogP contribution in [0.2, 0.25) is 0 Å². The maximum Gasteiger partial charge on any atom is 0.492 e. The van der Waals surface area contributed by atoms with E-state index >= 15 is 0 Å². The summed E-state index contributed by atoms with van der Waals surface area (Å²) < 4.78 is 54.2. The number of ether oxygens (including phenoxy) is 1. The zero-order valence-electron chi connectivity index (χ0n) is 14.0. The molecule has 1 fully saturated rings. The van der Waals surface area contributed by atoms with Gasteiger partial charge in [-0.3, -0.25) is 0 Å². The Morgan fingerprint density at radius 3 is 2.33 bits per heavy atom. The van der Waals surface area contributed by atoms with Gasteiger partial charge in [-0.1, -0.05) is 6.08 Å². The van der Waals surface area contributed by atoms with Gasteiger partial charge in [0.1, 0.15) is 11.6 Å². The van der Waals surface area contributed by atoms with Crippen molar-refractivity contribution in [1.29, 1.82) is 0 Å². The standard InChI is InChI=1S/C16H20BF3O4/c1-15(2)16(3,4)24-17(23-15)11(9-21)7-10-5-6-12(18)8-13(10)22-14(19)20/h5-8,14,21H,9H2,1-4H3. The fourth-order valence-corrected chi connectivity index (χ4v) is 2.21. The first kappa shape index (κ1) is 18.8. The summed E-state index contributed by atoms with van der Waals surface area (Å²) in [4.78, 5) is 0. The molecule has 1 saturated heterocycles. The maximum atomic E-state index is 13.3. The first-order valence-electron chi connectivity index (χ1n) is 7.47. The summed E-state index contributed by atoms with van der Waals surface area (Å²) in [6, 6.07) is 3.26. The average molecular weight is 344 g/mol. The topological polar surface area (TPSA) is 47.9 Å². The van der Waals surface area contributed by atoms with Gasteiger partial charge in [-0.2, -0.15) is 8.78 Å². The molecule has 0 radical (unpaired) electrons. The van der Waals surface area contributed by atoms with Gasteiger partial charge in [-0.15, -0.1) is 0 Å². The Labute approximate surface area is 139 Å². The number of aliphatic hydroxyl groups excluding tert-OH is 1. The molecule has 0 aromatic heterocycles. The number of halogens is 3. The first-order valence-corrected chi connectivity index (χ1v) is 7.47. The molecule has 4 nitrogen and oxygen atoms in total. The Kier molecular flexibility index (Phi) is 5.32. The molecule has 0 bridgehead atoms. The summed E-state index contributed by atoms with van der Waals surface area (Å²) in [6.45, 7) is 3.91. The van der Waals surface area contributed by atoms with E-state index in [2.05, 4.69) is 4.74 Å². The van der Waals surface area contributed by atoms with Crippen molar-refractivity contribution in [3.05, 3.63) is 35.1 Å². The molecule has 0 spiro atoms. The number of rotatable bonds is 5. The third kappa shape index (κ3) is 3.93. The zero-order chi connectivity index (χ0) is 18.1. The highest BCUT2D eigenvalue weighted by Gasteiger charge is 2.52. The van der Waals surface area contributed by atoms with Crippen molar-refractivity contribution in [3.8, 4) is 5.75 Å². The number of alkyl halides is 2. The van der Waals surface area contributed by atoms with Crippen LogP contribution in [0, 0.1) is 5.82 Å². The van der Waals surface area contributed by atoms with E-state index in [4.69, 9.17) is 9.31 Å². The molecule has 0 unspecified atom stereocenters. The molecule has 2 rings (SSSR count). The molecule has 24 heavy (non-hydrogen) atoms. The second-order valence-corrected chi connectivity index (χ2v) is 6.53. The van der Waals surface area contributed by atoms with E-state index in [1.54, 1.807) is 0 Å². The fourth-order valence-electron chi connectivity index (χ4n) is 2.21. The number of benzene rings is 1. The monoisotopic (exact) mass is 344 g/mol. The maximum absolute atomic E-state index is 13.3. The molecule has 1 aromatic carbocycles. The third-order valence-electron chi connectivity index (χ3n) is 4.27. The van der Waals surface area contributed by atoms with Crippen molar-refractivity contribution in [2.24, 2.45) is 0 Å². The summed E-state index contributed by atoms with van der Waals surface area (Å²) in [5.74, 6) is -1.03. The quantitative estimate of drug-likeness (QED) is 0.832. The summed E-state index contributed by atoms with van der Waals surface area (Å²) in [6.07, 6.45) is 1.40. The third-order valence-corrected chi connectivity index (χ3v) is 4.27. The number of hydrogen-bond acceptors (Lipinski definition) is 4. The molecule has 1 aliphatic rings. The molecular weight excluding hydrogens is 324 g/mol. The minimum atomic E-state index is -3.09. The predicted molar refractivity (Wildman–Crippen MR) is 84.2 cm³/mol. The minimum Gasteiger partial charge on any atom is -0.434 e. The van der Waals surface area contributed by atoms with E-state index in [9.17, 15) is 18.3 Å². The SMILES string of the molecule is CC1(C)OB(C(=Cc2ccc(F)cc2OC(F)F)CO)OC1(C)C. The van der Waals surface area contributed by atoms with Crippen LogP contribution >= 0.6 is 0 Å². The highest BCUT2D eigenvalue weighted by atomic mass is 19.3. The van der Waals surface area contributed by atoms with Gasteiger partial charge in [0, 0.05) is 11.6 Å². The molecule has 1 aromatic rings. The van der Waals surface area contributed by atoms with Crippen LogP contribution in [0.3, 0.4) is 0 Å². The van der Waals surface area contributed by atoms with Gasteiger partial charge < -0.3 is 19.2 Å². The fraction of sp³-hybridized carbons (Fsp3) is 0.500. The van der Waals surface area contributed by atoms with Gasteiger partial charge in [-0.25, -0.2) is 4.39 Å². The van der Waals surface area contributed by atoms with Crippen LogP contribution in [-0.4, -0.2) is 36.6 Å². The molecule has 1 heterocycles.